The third kappa shape index (κ3) is 5.00. The van der Waals surface area contributed by atoms with E-state index in [2.05, 4.69) is 0 Å². The van der Waals surface area contributed by atoms with Crippen molar-refractivity contribution in [2.45, 2.75) is 23.7 Å². The van der Waals surface area contributed by atoms with Crippen molar-refractivity contribution in [3.05, 3.63) is 56.5 Å². The first-order valence-corrected chi connectivity index (χ1v) is 9.91. The Kier molecular flexibility index (Phi) is 7.93. The van der Waals surface area contributed by atoms with Gasteiger partial charge in [-0.2, -0.15) is 35.1 Å². The Morgan fingerprint density at radius 1 is 0.559 bits per heavy atom. The van der Waals surface area contributed by atoms with Crippen molar-refractivity contribution >= 4 is 69.6 Å². The normalized spacial score (nSPS) is 12.9. The smallest absolute Gasteiger partial charge is 0.321 e. The lowest BCUT2D eigenvalue weighted by atomic mass is 9.97. The largest absolute Gasteiger partial charge is 0.393 e. The summed E-state index contributed by atoms with van der Waals surface area (Å²) in [7, 11) is 0. The zero-order valence-corrected chi connectivity index (χ0v) is 18.8. The van der Waals surface area contributed by atoms with Crippen molar-refractivity contribution in [3.63, 3.8) is 0 Å². The first-order valence-electron chi connectivity index (χ1n) is 8.40. The van der Waals surface area contributed by atoms with Gasteiger partial charge in [-0.15, -0.1) is 0 Å². The highest BCUT2D eigenvalue weighted by Gasteiger charge is 2.84. The molecule has 0 aliphatic carbocycles. The average molecular weight is 578 g/mol. The van der Waals surface area contributed by atoms with Crippen molar-refractivity contribution < 1.29 is 44.7 Å². The predicted molar refractivity (Wildman–Crippen MR) is 110 cm³/mol. The van der Waals surface area contributed by atoms with Crippen LogP contribution in [-0.2, 0) is 9.59 Å². The van der Waals surface area contributed by atoms with Gasteiger partial charge in [0.1, 0.15) is 0 Å². The second-order valence-electron chi connectivity index (χ2n) is 6.46. The Hall–Kier alpha value is -2.02. The van der Waals surface area contributed by atoms with Gasteiger partial charge in [-0.3, -0.25) is 9.59 Å². The van der Waals surface area contributed by atoms with Crippen molar-refractivity contribution in [3.8, 4) is 0 Å². The predicted octanol–water partition coefficient (Wildman–Crippen LogP) is 7.42. The summed E-state index contributed by atoms with van der Waals surface area (Å²) < 4.78 is 113. The molecule has 186 valence electrons. The standard InChI is InChI=1S/C18H8Cl4F8N2O2/c19-9-3-1-7(5-11(9)21)31-13(33)15(23,24)17(27,28)18(29,30)16(25,26)14(34)32-8-2-4-10(20)12(22)6-8/h1-6H,(H,31,33)(H,32,34). The van der Waals surface area contributed by atoms with Gasteiger partial charge in [0.15, 0.2) is 0 Å². The first kappa shape index (κ1) is 28.2. The molecule has 0 saturated heterocycles. The van der Waals surface area contributed by atoms with Gasteiger partial charge in [0.25, 0.3) is 0 Å². The lowest BCUT2D eigenvalue weighted by Gasteiger charge is -2.35. The molecule has 0 heterocycles. The van der Waals surface area contributed by atoms with Gasteiger partial charge in [-0.1, -0.05) is 46.4 Å². The minimum Gasteiger partial charge on any atom is -0.321 e. The molecular weight excluding hydrogens is 570 g/mol. The number of carbonyl (C=O) groups excluding carboxylic acids is 2. The number of anilines is 2. The van der Waals surface area contributed by atoms with E-state index < -0.39 is 46.9 Å². The van der Waals surface area contributed by atoms with Crippen molar-refractivity contribution in [1.82, 2.24) is 0 Å². The van der Waals surface area contributed by atoms with E-state index >= 15 is 0 Å². The maximum Gasteiger partial charge on any atom is 0.393 e. The monoisotopic (exact) mass is 576 g/mol. The summed E-state index contributed by atoms with van der Waals surface area (Å²) in [5, 5.41) is 1.32. The van der Waals surface area contributed by atoms with Crippen LogP contribution in [0.1, 0.15) is 0 Å². The Labute approximate surface area is 205 Å². The Morgan fingerprint density at radius 2 is 0.853 bits per heavy atom. The van der Waals surface area contributed by atoms with Crippen LogP contribution in [-0.4, -0.2) is 35.5 Å². The molecule has 34 heavy (non-hydrogen) atoms. The van der Waals surface area contributed by atoms with Crippen LogP contribution >= 0.6 is 46.4 Å². The Balaban J connectivity index is 2.33. The van der Waals surface area contributed by atoms with Gasteiger partial charge >= 0.3 is 35.5 Å². The molecule has 0 unspecified atom stereocenters. The lowest BCUT2D eigenvalue weighted by Crippen LogP contribution is -2.67. The van der Waals surface area contributed by atoms with Crippen LogP contribution in [0.2, 0.25) is 20.1 Å². The summed E-state index contributed by atoms with van der Waals surface area (Å²) in [6.45, 7) is 0. The lowest BCUT2D eigenvalue weighted by molar-refractivity contribution is -0.345. The Morgan fingerprint density at radius 3 is 1.12 bits per heavy atom. The van der Waals surface area contributed by atoms with Gasteiger partial charge < -0.3 is 10.6 Å². The molecular formula is C18H8Cl4F8N2O2. The average Bonchev–Trinajstić information content (AvgIpc) is 2.72. The molecule has 2 amide bonds. The van der Waals surface area contributed by atoms with Crippen LogP contribution in [0.15, 0.2) is 36.4 Å². The third-order valence-corrected chi connectivity index (χ3v) is 5.59. The molecule has 0 radical (unpaired) electrons. The summed E-state index contributed by atoms with van der Waals surface area (Å²) in [5.74, 6) is -33.2. The molecule has 0 aliphatic heterocycles. The first-order chi connectivity index (χ1) is 15.4. The van der Waals surface area contributed by atoms with Crippen LogP contribution in [0, 0.1) is 0 Å². The zero-order valence-electron chi connectivity index (χ0n) is 15.8. The van der Waals surface area contributed by atoms with Crippen LogP contribution in [0.25, 0.3) is 0 Å². The molecule has 0 saturated carbocycles. The van der Waals surface area contributed by atoms with E-state index in [1.807, 2.05) is 0 Å². The zero-order chi connectivity index (χ0) is 26.3. The topological polar surface area (TPSA) is 58.2 Å². The van der Waals surface area contributed by atoms with Crippen LogP contribution in [0.4, 0.5) is 46.5 Å². The van der Waals surface area contributed by atoms with E-state index in [-0.39, 0.29) is 20.1 Å². The molecule has 16 heteroatoms. The molecule has 0 spiro atoms. The second-order valence-corrected chi connectivity index (χ2v) is 8.09. The number of amides is 2. The highest BCUT2D eigenvalue weighted by molar-refractivity contribution is 6.42. The number of hydrogen-bond donors (Lipinski definition) is 2. The molecule has 2 aromatic carbocycles. The number of nitrogens with one attached hydrogen (secondary N) is 2. The molecule has 0 atom stereocenters. The van der Waals surface area contributed by atoms with E-state index in [0.717, 1.165) is 34.9 Å². The summed E-state index contributed by atoms with van der Waals surface area (Å²) in [4.78, 5) is 23.3. The molecule has 2 rings (SSSR count). The van der Waals surface area contributed by atoms with Crippen LogP contribution < -0.4 is 10.6 Å². The number of carbonyl (C=O) groups is 2. The SMILES string of the molecule is O=C(Nc1ccc(Cl)c(Cl)c1)C(F)(F)C(F)(F)C(F)(F)C(F)(F)C(=O)Nc1ccc(Cl)c(Cl)c1. The van der Waals surface area contributed by atoms with E-state index in [1.165, 1.54) is 0 Å². The van der Waals surface area contributed by atoms with Gasteiger partial charge in [0.05, 0.1) is 20.1 Å². The van der Waals surface area contributed by atoms with E-state index in [9.17, 15) is 44.7 Å². The summed E-state index contributed by atoms with van der Waals surface area (Å²) in [5.41, 5.74) is -1.38. The number of hydrogen-bond acceptors (Lipinski definition) is 2. The van der Waals surface area contributed by atoms with Gasteiger partial charge in [-0.05, 0) is 36.4 Å². The summed E-state index contributed by atoms with van der Waals surface area (Å²) in [6, 6.07) is 4.86. The highest BCUT2D eigenvalue weighted by Crippen LogP contribution is 2.53. The highest BCUT2D eigenvalue weighted by atomic mass is 35.5. The summed E-state index contributed by atoms with van der Waals surface area (Å²) >= 11 is 22.2. The van der Waals surface area contributed by atoms with Crippen molar-refractivity contribution in [2.24, 2.45) is 0 Å². The third-order valence-electron chi connectivity index (χ3n) is 4.11. The fourth-order valence-electron chi connectivity index (χ4n) is 2.25. The Bertz CT molecular complexity index is 1040. The summed E-state index contributed by atoms with van der Waals surface area (Å²) in [6.07, 6.45) is 0. The minimum absolute atomic E-state index is 0.143. The van der Waals surface area contributed by atoms with E-state index in [1.54, 1.807) is 0 Å². The minimum atomic E-state index is -7.06. The van der Waals surface area contributed by atoms with Crippen LogP contribution in [0.5, 0.6) is 0 Å². The molecule has 2 aromatic rings. The maximum absolute atomic E-state index is 14.1. The van der Waals surface area contributed by atoms with Crippen molar-refractivity contribution in [1.29, 1.82) is 0 Å². The molecule has 0 aromatic heterocycles. The quantitative estimate of drug-likeness (QED) is 0.337. The molecule has 0 bridgehead atoms. The van der Waals surface area contributed by atoms with Crippen molar-refractivity contribution in [2.75, 3.05) is 10.6 Å². The van der Waals surface area contributed by atoms with Gasteiger partial charge in [-0.25, -0.2) is 0 Å². The van der Waals surface area contributed by atoms with E-state index in [0.29, 0.717) is 12.1 Å². The van der Waals surface area contributed by atoms with Gasteiger partial charge in [0.2, 0.25) is 0 Å². The maximum atomic E-state index is 14.1. The molecule has 2 N–H and O–H groups in total. The fraction of sp³-hybridized carbons (Fsp3) is 0.222. The van der Waals surface area contributed by atoms with Crippen LogP contribution in [0.3, 0.4) is 0 Å². The number of benzene rings is 2. The number of rotatable bonds is 7. The van der Waals surface area contributed by atoms with E-state index in [4.69, 9.17) is 46.4 Å². The number of halogens is 12. The molecule has 0 fully saturated rings. The number of alkyl halides is 8. The molecule has 0 aliphatic rings. The fourth-order valence-corrected chi connectivity index (χ4v) is 2.84. The second kappa shape index (κ2) is 9.56. The van der Waals surface area contributed by atoms with Gasteiger partial charge in [0, 0.05) is 11.4 Å². The molecule has 4 nitrogen and oxygen atoms in total.